The zero-order chi connectivity index (χ0) is 16.7. The second kappa shape index (κ2) is 8.56. The van der Waals surface area contributed by atoms with E-state index in [9.17, 15) is 0 Å². The van der Waals surface area contributed by atoms with Crippen molar-refractivity contribution in [3.63, 3.8) is 0 Å². The normalized spacial score (nSPS) is 11.9. The first-order valence-corrected chi connectivity index (χ1v) is 7.92. The molecule has 0 aliphatic carbocycles. The third-order valence-electron chi connectivity index (χ3n) is 3.04. The summed E-state index contributed by atoms with van der Waals surface area (Å²) < 4.78 is 0. The average molecular weight is 349 g/mol. The molecule has 2 aromatic rings. The van der Waals surface area contributed by atoms with Crippen LogP contribution < -0.4 is 10.6 Å². The highest BCUT2D eigenvalue weighted by Gasteiger charge is 2.02. The lowest BCUT2D eigenvalue weighted by atomic mass is 10.2. The molecule has 0 bridgehead atoms. The quantitative estimate of drug-likeness (QED) is 0.333. The summed E-state index contributed by atoms with van der Waals surface area (Å²) in [6.07, 6.45) is 5.08. The first-order chi connectivity index (χ1) is 11.1. The van der Waals surface area contributed by atoms with E-state index in [1.807, 2.05) is 31.2 Å². The minimum absolute atomic E-state index is 0.398. The Morgan fingerprint density at radius 3 is 2.96 bits per heavy atom. The summed E-state index contributed by atoms with van der Waals surface area (Å²) in [6.45, 7) is 7.12. The molecule has 0 atom stereocenters. The third kappa shape index (κ3) is 5.27. The van der Waals surface area contributed by atoms with Crippen LogP contribution in [0.4, 0.5) is 5.69 Å². The van der Waals surface area contributed by atoms with Gasteiger partial charge in [-0.05, 0) is 37.3 Å². The maximum Gasteiger partial charge on any atom is 0.130 e. The van der Waals surface area contributed by atoms with E-state index in [2.05, 4.69) is 27.2 Å². The molecule has 6 heteroatoms. The highest BCUT2D eigenvalue weighted by atomic mass is 35.5. The lowest BCUT2D eigenvalue weighted by molar-refractivity contribution is 0.840. The van der Waals surface area contributed by atoms with Crippen LogP contribution in [0, 0.1) is 0 Å². The number of anilines is 1. The van der Waals surface area contributed by atoms with Gasteiger partial charge < -0.3 is 10.6 Å². The predicted molar refractivity (Wildman–Crippen MR) is 100 cm³/mol. The molecule has 0 unspecified atom stereocenters. The lowest BCUT2D eigenvalue weighted by Crippen LogP contribution is -2.20. The Labute approximate surface area is 145 Å². The van der Waals surface area contributed by atoms with E-state index in [1.54, 1.807) is 18.5 Å². The number of allylic oxidation sites excluding steroid dienone is 1. The molecule has 0 radical (unpaired) electrons. The molecule has 2 N–H and O–H groups in total. The first-order valence-electron chi connectivity index (χ1n) is 7.17. The van der Waals surface area contributed by atoms with Gasteiger partial charge in [0.25, 0.3) is 0 Å². The molecule has 1 aromatic carbocycles. The molecule has 0 spiro atoms. The fraction of sp³-hybridized carbons (Fsp3) is 0.176. The van der Waals surface area contributed by atoms with Crippen molar-refractivity contribution < 1.29 is 0 Å². The monoisotopic (exact) mass is 348 g/mol. The highest BCUT2D eigenvalue weighted by molar-refractivity contribution is 6.31. The van der Waals surface area contributed by atoms with Crippen LogP contribution >= 0.6 is 23.2 Å². The molecule has 23 heavy (non-hydrogen) atoms. The van der Waals surface area contributed by atoms with Crippen LogP contribution in [-0.4, -0.2) is 24.3 Å². The Morgan fingerprint density at radius 2 is 2.17 bits per heavy atom. The molecule has 4 nitrogen and oxygen atoms in total. The number of halogens is 2. The second-order valence-corrected chi connectivity index (χ2v) is 5.58. The average Bonchev–Trinajstić information content (AvgIpc) is 2.51. The van der Waals surface area contributed by atoms with Crippen LogP contribution in [0.3, 0.4) is 0 Å². The van der Waals surface area contributed by atoms with Gasteiger partial charge in [0.1, 0.15) is 5.16 Å². The Kier molecular flexibility index (Phi) is 6.44. The number of pyridine rings is 1. The second-order valence-electron chi connectivity index (χ2n) is 4.75. The summed E-state index contributed by atoms with van der Waals surface area (Å²) in [6, 6.07) is 7.61. The van der Waals surface area contributed by atoms with Crippen molar-refractivity contribution in [3.05, 3.63) is 59.0 Å². The summed E-state index contributed by atoms with van der Waals surface area (Å²) in [4.78, 5) is 8.27. The summed E-state index contributed by atoms with van der Waals surface area (Å²) in [5.74, 6) is 0. The first kappa shape index (κ1) is 17.3. The Morgan fingerprint density at radius 1 is 1.35 bits per heavy atom. The van der Waals surface area contributed by atoms with Gasteiger partial charge in [0, 0.05) is 47.3 Å². The van der Waals surface area contributed by atoms with Gasteiger partial charge in [-0.15, -0.1) is 0 Å². The molecule has 0 amide bonds. The van der Waals surface area contributed by atoms with Crippen molar-refractivity contribution in [1.29, 1.82) is 0 Å². The van der Waals surface area contributed by atoms with Crippen molar-refractivity contribution >= 4 is 46.0 Å². The van der Waals surface area contributed by atoms with Crippen molar-refractivity contribution in [2.75, 3.05) is 18.4 Å². The fourth-order valence-electron chi connectivity index (χ4n) is 2.05. The Hall–Kier alpha value is -2.04. The van der Waals surface area contributed by atoms with Crippen molar-refractivity contribution in [1.82, 2.24) is 10.3 Å². The van der Waals surface area contributed by atoms with Crippen LogP contribution in [0.2, 0.25) is 5.02 Å². The summed E-state index contributed by atoms with van der Waals surface area (Å²) in [7, 11) is 0. The molecule has 0 fully saturated rings. The molecule has 0 aliphatic heterocycles. The van der Waals surface area contributed by atoms with Crippen molar-refractivity contribution in [2.24, 2.45) is 4.99 Å². The summed E-state index contributed by atoms with van der Waals surface area (Å²) >= 11 is 11.9. The van der Waals surface area contributed by atoms with E-state index in [0.29, 0.717) is 22.4 Å². The van der Waals surface area contributed by atoms with E-state index in [-0.39, 0.29) is 0 Å². The van der Waals surface area contributed by atoms with Gasteiger partial charge in [-0.3, -0.25) is 4.98 Å². The van der Waals surface area contributed by atoms with Gasteiger partial charge in [-0.2, -0.15) is 0 Å². The standard InChI is InChI=1S/C17H18Cl2N4/c1-3-20-17(19)10-12(2)21-8-9-23-15-6-7-22-16-11-13(18)4-5-14(15)16/h3-7,10-11,21H,2,8-9H2,1H3,(H,22,23)/b17-10-,20-3-. The van der Waals surface area contributed by atoms with Gasteiger partial charge >= 0.3 is 0 Å². The molecule has 2 rings (SSSR count). The highest BCUT2D eigenvalue weighted by Crippen LogP contribution is 2.24. The lowest BCUT2D eigenvalue weighted by Gasteiger charge is -2.11. The van der Waals surface area contributed by atoms with Gasteiger partial charge in [0.05, 0.1) is 5.52 Å². The summed E-state index contributed by atoms with van der Waals surface area (Å²) in [5, 5.41) is 8.66. The van der Waals surface area contributed by atoms with Gasteiger partial charge in [-0.1, -0.05) is 29.8 Å². The fourth-order valence-corrected chi connectivity index (χ4v) is 2.45. The van der Waals surface area contributed by atoms with E-state index in [1.165, 1.54) is 0 Å². The molecule has 1 heterocycles. The number of fused-ring (bicyclic) bond motifs is 1. The molecule has 120 valence electrons. The topological polar surface area (TPSA) is 49.3 Å². The van der Waals surface area contributed by atoms with Gasteiger partial charge in [-0.25, -0.2) is 4.99 Å². The zero-order valence-electron chi connectivity index (χ0n) is 12.8. The maximum absolute atomic E-state index is 5.99. The Bertz CT molecular complexity index is 753. The van der Waals surface area contributed by atoms with E-state index in [4.69, 9.17) is 23.2 Å². The maximum atomic E-state index is 5.99. The largest absolute Gasteiger partial charge is 0.384 e. The number of nitrogens with one attached hydrogen (secondary N) is 2. The number of rotatable bonds is 7. The predicted octanol–water partition coefficient (Wildman–Crippen LogP) is 4.57. The number of hydrogen-bond donors (Lipinski definition) is 2. The van der Waals surface area contributed by atoms with Crippen LogP contribution in [0.5, 0.6) is 0 Å². The molecular formula is C17H18Cl2N4. The van der Waals surface area contributed by atoms with Gasteiger partial charge in [0.15, 0.2) is 0 Å². The van der Waals surface area contributed by atoms with Crippen molar-refractivity contribution in [3.8, 4) is 0 Å². The number of nitrogens with zero attached hydrogens (tertiary/aromatic N) is 2. The van der Waals surface area contributed by atoms with Crippen LogP contribution in [0.25, 0.3) is 10.9 Å². The third-order valence-corrected chi connectivity index (χ3v) is 3.48. The number of aliphatic imine (C=N–C) groups is 1. The molecule has 0 saturated carbocycles. The Balaban J connectivity index is 1.90. The minimum Gasteiger partial charge on any atom is -0.384 e. The molecular weight excluding hydrogens is 331 g/mol. The smallest absolute Gasteiger partial charge is 0.130 e. The van der Waals surface area contributed by atoms with Crippen molar-refractivity contribution in [2.45, 2.75) is 6.92 Å². The number of benzene rings is 1. The zero-order valence-corrected chi connectivity index (χ0v) is 14.3. The minimum atomic E-state index is 0.398. The number of hydrogen-bond acceptors (Lipinski definition) is 4. The summed E-state index contributed by atoms with van der Waals surface area (Å²) in [5.41, 5.74) is 2.60. The SMILES string of the molecule is C=C(/C=C(Cl)\N=C/C)NCCNc1ccnc2cc(Cl)ccc12. The van der Waals surface area contributed by atoms with E-state index in [0.717, 1.165) is 23.1 Å². The van der Waals surface area contributed by atoms with Gasteiger partial charge in [0.2, 0.25) is 0 Å². The van der Waals surface area contributed by atoms with Crippen LogP contribution in [0.15, 0.2) is 59.0 Å². The van der Waals surface area contributed by atoms with Crippen LogP contribution in [0.1, 0.15) is 6.92 Å². The van der Waals surface area contributed by atoms with E-state index >= 15 is 0 Å². The molecule has 0 aliphatic rings. The molecule has 0 saturated heterocycles. The van der Waals surface area contributed by atoms with Crippen LogP contribution in [-0.2, 0) is 0 Å². The molecule has 1 aromatic heterocycles. The van der Waals surface area contributed by atoms with E-state index < -0.39 is 0 Å². The number of aromatic nitrogens is 1.